The maximum absolute atomic E-state index is 12.2. The predicted octanol–water partition coefficient (Wildman–Crippen LogP) is 3.42. The Labute approximate surface area is 166 Å². The molecule has 2 aromatic rings. The summed E-state index contributed by atoms with van der Waals surface area (Å²) >= 11 is 0. The number of amides is 1. The molecule has 0 aromatic heterocycles. The zero-order chi connectivity index (χ0) is 18.9. The van der Waals surface area contributed by atoms with Crippen LogP contribution in [0, 0.1) is 0 Å². The molecule has 0 saturated carbocycles. The number of ether oxygens (including phenoxy) is 3. The highest BCUT2D eigenvalue weighted by molar-refractivity contribution is 5.93. The van der Waals surface area contributed by atoms with Crippen LogP contribution in [0.15, 0.2) is 42.5 Å². The van der Waals surface area contributed by atoms with Gasteiger partial charge in [0.15, 0.2) is 18.1 Å². The van der Waals surface area contributed by atoms with Gasteiger partial charge in [-0.1, -0.05) is 25.1 Å². The minimum absolute atomic E-state index is 0. The second kappa shape index (κ2) is 11.3. The Morgan fingerprint density at radius 1 is 1.07 bits per heavy atom. The summed E-state index contributed by atoms with van der Waals surface area (Å²) in [4.78, 5) is 12.2. The second-order valence-corrected chi connectivity index (χ2v) is 5.89. The number of hydrogen-bond acceptors (Lipinski definition) is 5. The van der Waals surface area contributed by atoms with Crippen molar-refractivity contribution in [3.8, 4) is 17.2 Å². The Morgan fingerprint density at radius 2 is 1.78 bits per heavy atom. The normalized spacial score (nSPS) is 11.1. The molecule has 0 aliphatic carbocycles. The second-order valence-electron chi connectivity index (χ2n) is 5.89. The summed E-state index contributed by atoms with van der Waals surface area (Å²) in [5.41, 5.74) is 7.66. The number of nitrogens with one attached hydrogen (secondary N) is 1. The van der Waals surface area contributed by atoms with E-state index in [0.717, 1.165) is 18.4 Å². The number of benzene rings is 2. The van der Waals surface area contributed by atoms with Crippen molar-refractivity contribution in [1.82, 2.24) is 0 Å². The molecule has 7 heteroatoms. The molecule has 0 fully saturated rings. The average molecular weight is 395 g/mol. The molecule has 0 aliphatic heterocycles. The fraction of sp³-hybridized carbons (Fsp3) is 0.350. The summed E-state index contributed by atoms with van der Waals surface area (Å²) in [7, 11) is 3.12. The number of para-hydroxylation sites is 2. The molecule has 1 atom stereocenters. The molecule has 0 radical (unpaired) electrons. The molecule has 3 N–H and O–H groups in total. The molecule has 27 heavy (non-hydrogen) atoms. The van der Waals surface area contributed by atoms with Gasteiger partial charge in [0.2, 0.25) is 0 Å². The van der Waals surface area contributed by atoms with Crippen molar-refractivity contribution in [3.05, 3.63) is 48.0 Å². The number of anilines is 1. The lowest BCUT2D eigenvalue weighted by Crippen LogP contribution is -2.21. The first-order valence-corrected chi connectivity index (χ1v) is 8.55. The lowest BCUT2D eigenvalue weighted by Gasteiger charge is -2.14. The van der Waals surface area contributed by atoms with Crippen molar-refractivity contribution in [2.24, 2.45) is 5.73 Å². The topological polar surface area (TPSA) is 82.8 Å². The molecule has 2 rings (SSSR count). The number of hydrogen-bond donors (Lipinski definition) is 2. The largest absolute Gasteiger partial charge is 0.495 e. The molecule has 148 valence electrons. The van der Waals surface area contributed by atoms with E-state index in [4.69, 9.17) is 19.9 Å². The van der Waals surface area contributed by atoms with E-state index >= 15 is 0 Å². The van der Waals surface area contributed by atoms with E-state index in [2.05, 4.69) is 12.2 Å². The third kappa shape index (κ3) is 6.66. The van der Waals surface area contributed by atoms with Gasteiger partial charge in [-0.2, -0.15) is 0 Å². The smallest absolute Gasteiger partial charge is 0.262 e. The molecular formula is C20H27ClN2O4. The number of nitrogens with two attached hydrogens (primary N) is 1. The van der Waals surface area contributed by atoms with Crippen LogP contribution in [-0.2, 0) is 11.2 Å². The summed E-state index contributed by atoms with van der Waals surface area (Å²) < 4.78 is 16.2. The maximum atomic E-state index is 12.2. The van der Waals surface area contributed by atoms with E-state index in [1.54, 1.807) is 32.4 Å². The van der Waals surface area contributed by atoms with Gasteiger partial charge in [0.25, 0.3) is 5.91 Å². The molecule has 2 aromatic carbocycles. The quantitative estimate of drug-likeness (QED) is 0.680. The number of carbonyl (C=O) groups excluding carboxylic acids is 1. The van der Waals surface area contributed by atoms with Crippen molar-refractivity contribution >= 4 is 24.0 Å². The van der Waals surface area contributed by atoms with Crippen molar-refractivity contribution in [1.29, 1.82) is 0 Å². The zero-order valence-corrected chi connectivity index (χ0v) is 16.7. The van der Waals surface area contributed by atoms with E-state index in [0.29, 0.717) is 22.9 Å². The Bertz CT molecular complexity index is 740. The molecular weight excluding hydrogens is 368 g/mol. The van der Waals surface area contributed by atoms with E-state index in [-0.39, 0.29) is 31.0 Å². The van der Waals surface area contributed by atoms with Gasteiger partial charge in [0.05, 0.1) is 19.9 Å². The Morgan fingerprint density at radius 3 is 2.44 bits per heavy atom. The molecule has 1 amide bonds. The number of halogens is 1. The van der Waals surface area contributed by atoms with E-state index < -0.39 is 0 Å². The first kappa shape index (κ1) is 22.6. The summed E-state index contributed by atoms with van der Waals surface area (Å²) in [5.74, 6) is 1.40. The molecule has 0 spiro atoms. The zero-order valence-electron chi connectivity index (χ0n) is 15.9. The summed E-state index contributed by atoms with van der Waals surface area (Å²) in [5, 5.41) is 2.77. The van der Waals surface area contributed by atoms with Gasteiger partial charge in [0, 0.05) is 6.04 Å². The molecule has 0 saturated heterocycles. The van der Waals surface area contributed by atoms with E-state index in [9.17, 15) is 4.79 Å². The molecule has 0 aliphatic rings. The van der Waals surface area contributed by atoms with Crippen LogP contribution in [0.5, 0.6) is 17.2 Å². The van der Waals surface area contributed by atoms with Crippen LogP contribution in [0.2, 0.25) is 0 Å². The molecule has 1 unspecified atom stereocenters. The van der Waals surface area contributed by atoms with E-state index in [1.165, 1.54) is 0 Å². The van der Waals surface area contributed by atoms with Crippen LogP contribution in [0.4, 0.5) is 5.69 Å². The minimum atomic E-state index is -0.284. The van der Waals surface area contributed by atoms with Gasteiger partial charge in [-0.3, -0.25) is 4.79 Å². The van der Waals surface area contributed by atoms with Gasteiger partial charge < -0.3 is 25.3 Å². The first-order valence-electron chi connectivity index (χ1n) is 8.55. The Balaban J connectivity index is 0.00000364. The lowest BCUT2D eigenvalue weighted by molar-refractivity contribution is -0.118. The van der Waals surface area contributed by atoms with Crippen LogP contribution in [-0.4, -0.2) is 32.8 Å². The molecule has 0 heterocycles. The van der Waals surface area contributed by atoms with Crippen LogP contribution < -0.4 is 25.3 Å². The standard InChI is InChI=1S/C20H26N2O4.ClH/c1-4-15(21)11-14-9-10-18(19(12-14)25-3)26-13-20(23)22-16-7-5-6-8-17(16)24-2;/h5-10,12,15H,4,11,13,21H2,1-3H3,(H,22,23);1H. The third-order valence-corrected chi connectivity index (χ3v) is 3.99. The van der Waals surface area contributed by atoms with E-state index in [1.807, 2.05) is 24.3 Å². The minimum Gasteiger partial charge on any atom is -0.495 e. The Kier molecular flexibility index (Phi) is 9.47. The monoisotopic (exact) mass is 394 g/mol. The number of methoxy groups -OCH3 is 2. The summed E-state index contributed by atoms with van der Waals surface area (Å²) in [6.45, 7) is 1.92. The van der Waals surface area contributed by atoms with Gasteiger partial charge in [-0.25, -0.2) is 0 Å². The van der Waals surface area contributed by atoms with Crippen molar-refractivity contribution in [3.63, 3.8) is 0 Å². The molecule has 6 nitrogen and oxygen atoms in total. The fourth-order valence-electron chi connectivity index (χ4n) is 2.48. The predicted molar refractivity (Wildman–Crippen MR) is 109 cm³/mol. The highest BCUT2D eigenvalue weighted by Gasteiger charge is 2.11. The number of carbonyl (C=O) groups is 1. The van der Waals surface area contributed by atoms with Crippen LogP contribution in [0.1, 0.15) is 18.9 Å². The Hall–Kier alpha value is -2.44. The van der Waals surface area contributed by atoms with Crippen LogP contribution in [0.25, 0.3) is 0 Å². The van der Waals surface area contributed by atoms with Crippen molar-refractivity contribution in [2.45, 2.75) is 25.8 Å². The van der Waals surface area contributed by atoms with Crippen molar-refractivity contribution < 1.29 is 19.0 Å². The third-order valence-electron chi connectivity index (χ3n) is 3.99. The van der Waals surface area contributed by atoms with Gasteiger partial charge in [0.1, 0.15) is 5.75 Å². The van der Waals surface area contributed by atoms with Gasteiger partial charge >= 0.3 is 0 Å². The SMILES string of the molecule is CCC(N)Cc1ccc(OCC(=O)Nc2ccccc2OC)c(OC)c1.Cl. The first-order chi connectivity index (χ1) is 12.6. The lowest BCUT2D eigenvalue weighted by atomic mass is 10.0. The fourth-order valence-corrected chi connectivity index (χ4v) is 2.48. The summed E-state index contributed by atoms with van der Waals surface area (Å²) in [6, 6.07) is 12.9. The molecule has 0 bridgehead atoms. The highest BCUT2D eigenvalue weighted by Crippen LogP contribution is 2.29. The van der Waals surface area contributed by atoms with Crippen LogP contribution >= 0.6 is 12.4 Å². The summed E-state index contributed by atoms with van der Waals surface area (Å²) in [6.07, 6.45) is 1.67. The van der Waals surface area contributed by atoms with Gasteiger partial charge in [-0.15, -0.1) is 12.4 Å². The van der Waals surface area contributed by atoms with Crippen molar-refractivity contribution in [2.75, 3.05) is 26.1 Å². The highest BCUT2D eigenvalue weighted by atomic mass is 35.5. The average Bonchev–Trinajstić information content (AvgIpc) is 2.67. The number of rotatable bonds is 9. The van der Waals surface area contributed by atoms with Gasteiger partial charge in [-0.05, 0) is 42.7 Å². The van der Waals surface area contributed by atoms with Crippen LogP contribution in [0.3, 0.4) is 0 Å². The maximum Gasteiger partial charge on any atom is 0.262 e.